The maximum atomic E-state index is 13.5. The second kappa shape index (κ2) is 5.02. The van der Waals surface area contributed by atoms with Gasteiger partial charge in [0.05, 0.1) is 17.7 Å². The maximum Gasteiger partial charge on any atom is 0.257 e. The summed E-state index contributed by atoms with van der Waals surface area (Å²) in [4.78, 5) is 13.3. The van der Waals surface area contributed by atoms with Gasteiger partial charge in [0.25, 0.3) is 5.91 Å². The molecule has 17 heavy (non-hydrogen) atoms. The average Bonchev–Trinajstić information content (AvgIpc) is 2.30. The summed E-state index contributed by atoms with van der Waals surface area (Å²) in [5, 5.41) is 9.47. The Labute approximate surface area is 105 Å². The lowest BCUT2D eigenvalue weighted by Gasteiger charge is -2.34. The lowest BCUT2D eigenvalue weighted by Crippen LogP contribution is -2.47. The van der Waals surface area contributed by atoms with Crippen molar-refractivity contribution in [3.8, 4) is 0 Å². The van der Waals surface area contributed by atoms with Crippen LogP contribution in [0.5, 0.6) is 0 Å². The third kappa shape index (κ3) is 2.96. The molecule has 94 valence electrons. The molecule has 0 aliphatic rings. The molecule has 0 aromatic heterocycles. The van der Waals surface area contributed by atoms with E-state index in [1.54, 1.807) is 13.8 Å². The minimum absolute atomic E-state index is 0.0958. The Morgan fingerprint density at radius 3 is 2.65 bits per heavy atom. The van der Waals surface area contributed by atoms with E-state index in [0.29, 0.717) is 5.02 Å². The van der Waals surface area contributed by atoms with Crippen molar-refractivity contribution in [3.63, 3.8) is 0 Å². The Morgan fingerprint density at radius 2 is 2.12 bits per heavy atom. The molecule has 5 heteroatoms. The van der Waals surface area contributed by atoms with Crippen LogP contribution < -0.4 is 0 Å². The fourth-order valence-corrected chi connectivity index (χ4v) is 1.40. The molecule has 1 amide bonds. The minimum Gasteiger partial charge on any atom is -0.394 e. The first-order valence-electron chi connectivity index (χ1n) is 5.13. The normalized spacial score (nSPS) is 11.4. The number of benzene rings is 1. The molecule has 0 bridgehead atoms. The van der Waals surface area contributed by atoms with Crippen LogP contribution in [0.3, 0.4) is 0 Å². The fraction of sp³-hybridized carbons (Fsp3) is 0.417. The number of halogens is 2. The van der Waals surface area contributed by atoms with Gasteiger partial charge in [-0.1, -0.05) is 11.6 Å². The number of amides is 1. The largest absolute Gasteiger partial charge is 0.394 e. The van der Waals surface area contributed by atoms with Crippen LogP contribution in [0, 0.1) is 5.82 Å². The molecule has 1 N–H and O–H groups in total. The standard InChI is InChI=1S/C12H15ClFNO2/c1-12(2,7-16)15(3)11(17)9-6-8(13)4-5-10(9)14/h4-6,16H,7H2,1-3H3. The summed E-state index contributed by atoms with van der Waals surface area (Å²) in [6.45, 7) is 3.16. The highest BCUT2D eigenvalue weighted by Gasteiger charge is 2.29. The third-order valence-corrected chi connectivity index (χ3v) is 2.99. The van der Waals surface area contributed by atoms with E-state index in [9.17, 15) is 14.3 Å². The Morgan fingerprint density at radius 1 is 1.53 bits per heavy atom. The minimum atomic E-state index is -0.758. The molecule has 0 aliphatic carbocycles. The van der Waals surface area contributed by atoms with Crippen LogP contribution in [0.1, 0.15) is 24.2 Å². The summed E-state index contributed by atoms with van der Waals surface area (Å²) in [5.74, 6) is -1.14. The Kier molecular flexibility index (Phi) is 4.11. The zero-order chi connectivity index (χ0) is 13.2. The van der Waals surface area contributed by atoms with Gasteiger partial charge in [0, 0.05) is 12.1 Å². The first-order chi connectivity index (χ1) is 7.79. The van der Waals surface area contributed by atoms with Crippen molar-refractivity contribution >= 4 is 17.5 Å². The van der Waals surface area contributed by atoms with Crippen LogP contribution in [0.2, 0.25) is 5.02 Å². The van der Waals surface area contributed by atoms with E-state index in [1.165, 1.54) is 24.1 Å². The zero-order valence-electron chi connectivity index (χ0n) is 10.00. The van der Waals surface area contributed by atoms with Crippen LogP contribution in [0.25, 0.3) is 0 Å². The van der Waals surface area contributed by atoms with Gasteiger partial charge in [0.2, 0.25) is 0 Å². The molecular formula is C12H15ClFNO2. The third-order valence-electron chi connectivity index (χ3n) is 2.76. The van der Waals surface area contributed by atoms with E-state index in [0.717, 1.165) is 6.07 Å². The predicted molar refractivity (Wildman–Crippen MR) is 64.7 cm³/mol. The number of rotatable bonds is 3. The van der Waals surface area contributed by atoms with Gasteiger partial charge in [-0.05, 0) is 32.0 Å². The molecule has 0 saturated carbocycles. The van der Waals surface area contributed by atoms with Crippen molar-refractivity contribution in [2.45, 2.75) is 19.4 Å². The number of likely N-dealkylation sites (N-methyl/N-ethyl adjacent to an activating group) is 1. The second-order valence-electron chi connectivity index (χ2n) is 4.46. The zero-order valence-corrected chi connectivity index (χ0v) is 10.8. The Balaban J connectivity index is 3.08. The monoisotopic (exact) mass is 259 g/mol. The molecule has 0 saturated heterocycles. The Hall–Kier alpha value is -1.13. The van der Waals surface area contributed by atoms with Gasteiger partial charge in [-0.25, -0.2) is 4.39 Å². The van der Waals surface area contributed by atoms with Crippen LogP contribution in [0.4, 0.5) is 4.39 Å². The first-order valence-corrected chi connectivity index (χ1v) is 5.51. The fourth-order valence-electron chi connectivity index (χ4n) is 1.22. The molecule has 0 unspecified atom stereocenters. The summed E-state index contributed by atoms with van der Waals surface area (Å²) < 4.78 is 13.5. The van der Waals surface area contributed by atoms with E-state index in [-0.39, 0.29) is 12.2 Å². The van der Waals surface area contributed by atoms with E-state index >= 15 is 0 Å². The van der Waals surface area contributed by atoms with Crippen molar-refractivity contribution in [1.29, 1.82) is 0 Å². The van der Waals surface area contributed by atoms with Crippen molar-refractivity contribution in [2.24, 2.45) is 0 Å². The van der Waals surface area contributed by atoms with Crippen LogP contribution in [0.15, 0.2) is 18.2 Å². The number of hydrogen-bond acceptors (Lipinski definition) is 2. The quantitative estimate of drug-likeness (QED) is 0.905. The lowest BCUT2D eigenvalue weighted by molar-refractivity contribution is 0.0469. The van der Waals surface area contributed by atoms with Crippen LogP contribution in [-0.2, 0) is 0 Å². The van der Waals surface area contributed by atoms with Gasteiger partial charge in [-0.15, -0.1) is 0 Å². The molecule has 1 aromatic carbocycles. The van der Waals surface area contributed by atoms with E-state index in [4.69, 9.17) is 11.6 Å². The van der Waals surface area contributed by atoms with E-state index in [2.05, 4.69) is 0 Å². The van der Waals surface area contributed by atoms with Gasteiger partial charge in [-0.3, -0.25) is 4.79 Å². The lowest BCUT2D eigenvalue weighted by atomic mass is 10.0. The molecule has 0 spiro atoms. The van der Waals surface area contributed by atoms with Gasteiger partial charge in [0.15, 0.2) is 0 Å². The highest BCUT2D eigenvalue weighted by atomic mass is 35.5. The summed E-state index contributed by atoms with van der Waals surface area (Å²) in [7, 11) is 1.51. The van der Waals surface area contributed by atoms with Gasteiger partial charge >= 0.3 is 0 Å². The number of hydrogen-bond donors (Lipinski definition) is 1. The molecule has 0 radical (unpaired) electrons. The molecule has 1 rings (SSSR count). The molecular weight excluding hydrogens is 245 g/mol. The summed E-state index contributed by atoms with van der Waals surface area (Å²) in [5.41, 5.74) is -0.854. The second-order valence-corrected chi connectivity index (χ2v) is 4.90. The van der Waals surface area contributed by atoms with Gasteiger partial charge in [-0.2, -0.15) is 0 Å². The van der Waals surface area contributed by atoms with Crippen molar-refractivity contribution in [1.82, 2.24) is 4.90 Å². The molecule has 0 fully saturated rings. The van der Waals surface area contributed by atoms with Crippen LogP contribution in [-0.4, -0.2) is 35.1 Å². The predicted octanol–water partition coefficient (Wildman–Crippen LogP) is 2.32. The van der Waals surface area contributed by atoms with Gasteiger partial charge < -0.3 is 10.0 Å². The molecule has 0 heterocycles. The molecule has 0 atom stereocenters. The average molecular weight is 260 g/mol. The number of carbonyl (C=O) groups is 1. The summed E-state index contributed by atoms with van der Waals surface area (Å²) in [6, 6.07) is 3.81. The van der Waals surface area contributed by atoms with E-state index in [1.807, 2.05) is 0 Å². The number of aliphatic hydroxyl groups is 1. The SMILES string of the molecule is CN(C(=O)c1cc(Cl)ccc1F)C(C)(C)CO. The van der Waals surface area contributed by atoms with Crippen molar-refractivity contribution in [2.75, 3.05) is 13.7 Å². The smallest absolute Gasteiger partial charge is 0.257 e. The number of nitrogens with zero attached hydrogens (tertiary/aromatic N) is 1. The summed E-state index contributed by atoms with van der Waals surface area (Å²) >= 11 is 5.73. The maximum absolute atomic E-state index is 13.5. The summed E-state index contributed by atoms with van der Waals surface area (Å²) in [6.07, 6.45) is 0. The van der Waals surface area contributed by atoms with Crippen molar-refractivity contribution < 1.29 is 14.3 Å². The van der Waals surface area contributed by atoms with E-state index < -0.39 is 17.3 Å². The number of aliphatic hydroxyl groups excluding tert-OH is 1. The molecule has 3 nitrogen and oxygen atoms in total. The van der Waals surface area contributed by atoms with Crippen molar-refractivity contribution in [3.05, 3.63) is 34.6 Å². The highest BCUT2D eigenvalue weighted by Crippen LogP contribution is 2.20. The highest BCUT2D eigenvalue weighted by molar-refractivity contribution is 6.31. The molecule has 0 aliphatic heterocycles. The topological polar surface area (TPSA) is 40.5 Å². The van der Waals surface area contributed by atoms with Gasteiger partial charge in [0.1, 0.15) is 5.82 Å². The number of carbonyl (C=O) groups excluding carboxylic acids is 1. The van der Waals surface area contributed by atoms with Crippen LogP contribution >= 0.6 is 11.6 Å². The first kappa shape index (κ1) is 13.9. The Bertz CT molecular complexity index is 435. The molecule has 1 aromatic rings.